The normalized spacial score (nSPS) is 19.1. The first-order chi connectivity index (χ1) is 13.7. The molecule has 1 aromatic carbocycles. The Hall–Kier alpha value is -1.96. The maximum Gasteiger partial charge on any atom is 0.253 e. The minimum atomic E-state index is 0.145. The van der Waals surface area contributed by atoms with Crippen molar-refractivity contribution >= 4 is 22.4 Å². The largest absolute Gasteiger partial charge is 0.375 e. The van der Waals surface area contributed by atoms with Gasteiger partial charge in [0.25, 0.3) is 5.91 Å². The molecule has 2 aliphatic heterocycles. The summed E-state index contributed by atoms with van der Waals surface area (Å²) in [6.07, 6.45) is 5.82. The summed E-state index contributed by atoms with van der Waals surface area (Å²) >= 11 is 1.54. The van der Waals surface area contributed by atoms with Gasteiger partial charge >= 0.3 is 0 Å². The van der Waals surface area contributed by atoms with Crippen molar-refractivity contribution in [2.24, 2.45) is 0 Å². The Morgan fingerprint density at radius 3 is 2.25 bits per heavy atom. The van der Waals surface area contributed by atoms with Crippen LogP contribution in [0.4, 0.5) is 5.13 Å². The predicted molar refractivity (Wildman–Crippen MR) is 113 cm³/mol. The number of thiazole rings is 1. The van der Waals surface area contributed by atoms with Crippen LogP contribution >= 0.6 is 11.3 Å². The molecule has 0 saturated carbocycles. The second-order valence-corrected chi connectivity index (χ2v) is 8.91. The van der Waals surface area contributed by atoms with Gasteiger partial charge in [-0.1, -0.05) is 18.6 Å². The molecule has 2 aromatic rings. The molecule has 0 radical (unpaired) electrons. The quantitative estimate of drug-likeness (QED) is 0.837. The second-order valence-electron chi connectivity index (χ2n) is 7.77. The minimum absolute atomic E-state index is 0.145. The second kappa shape index (κ2) is 9.03. The maximum atomic E-state index is 12.8. The number of aromatic nitrogens is 1. The Kier molecular flexibility index (Phi) is 6.24. The van der Waals surface area contributed by atoms with Gasteiger partial charge in [-0.05, 0) is 43.6 Å². The number of nitrogen functional groups attached to an aromatic ring is 1. The number of anilines is 1. The van der Waals surface area contributed by atoms with Crippen LogP contribution in [-0.4, -0.2) is 64.9 Å². The van der Waals surface area contributed by atoms with E-state index in [1.165, 1.54) is 54.1 Å². The van der Waals surface area contributed by atoms with Crippen molar-refractivity contribution in [3.05, 3.63) is 46.5 Å². The van der Waals surface area contributed by atoms with Crippen LogP contribution in [0.15, 0.2) is 30.5 Å². The van der Waals surface area contributed by atoms with Gasteiger partial charge in [0.2, 0.25) is 0 Å². The number of hydrogen-bond acceptors (Lipinski definition) is 6. The zero-order valence-corrected chi connectivity index (χ0v) is 17.2. The highest BCUT2D eigenvalue weighted by Gasteiger charge is 2.22. The fourth-order valence-electron chi connectivity index (χ4n) is 4.04. The molecule has 2 aliphatic rings. The van der Waals surface area contributed by atoms with E-state index in [0.717, 1.165) is 44.8 Å². The van der Waals surface area contributed by atoms with Gasteiger partial charge in [-0.25, -0.2) is 4.98 Å². The van der Waals surface area contributed by atoms with Crippen LogP contribution < -0.4 is 5.73 Å². The summed E-state index contributed by atoms with van der Waals surface area (Å²) in [5.74, 6) is 0.145. The molecule has 2 fully saturated rings. The van der Waals surface area contributed by atoms with Gasteiger partial charge in [0.1, 0.15) is 0 Å². The lowest BCUT2D eigenvalue weighted by Gasteiger charge is -2.34. The molecule has 1 amide bonds. The van der Waals surface area contributed by atoms with Gasteiger partial charge in [-0.2, -0.15) is 0 Å². The van der Waals surface area contributed by atoms with Crippen molar-refractivity contribution in [3.8, 4) is 0 Å². The number of carbonyl (C=O) groups is 1. The molecule has 1 aromatic heterocycles. The smallest absolute Gasteiger partial charge is 0.253 e. The third-order valence-electron chi connectivity index (χ3n) is 5.67. The first-order valence-electron chi connectivity index (χ1n) is 10.2. The lowest BCUT2D eigenvalue weighted by Crippen LogP contribution is -2.48. The number of nitrogens with two attached hydrogens (primary N) is 1. The van der Waals surface area contributed by atoms with Crippen molar-refractivity contribution in [1.82, 2.24) is 19.7 Å². The lowest BCUT2D eigenvalue weighted by molar-refractivity contribution is 0.0629. The molecule has 4 rings (SSSR count). The van der Waals surface area contributed by atoms with Gasteiger partial charge in [0.05, 0.1) is 0 Å². The SMILES string of the molecule is Nc1ncc(CN2CCN(C(=O)c3ccc(CN4CCCCC4)cc3)CC2)s1. The van der Waals surface area contributed by atoms with Crippen LogP contribution in [0.2, 0.25) is 0 Å². The van der Waals surface area contributed by atoms with Gasteiger partial charge < -0.3 is 10.6 Å². The topological polar surface area (TPSA) is 65.7 Å². The number of nitrogens with zero attached hydrogens (tertiary/aromatic N) is 4. The Balaban J connectivity index is 1.27. The third-order valence-corrected chi connectivity index (χ3v) is 6.48. The van der Waals surface area contributed by atoms with Gasteiger partial charge in [0.15, 0.2) is 5.13 Å². The predicted octanol–water partition coefficient (Wildman–Crippen LogP) is 2.67. The van der Waals surface area contributed by atoms with E-state index in [9.17, 15) is 4.79 Å². The summed E-state index contributed by atoms with van der Waals surface area (Å²) in [6.45, 7) is 7.55. The lowest BCUT2D eigenvalue weighted by atomic mass is 10.1. The third kappa shape index (κ3) is 4.90. The maximum absolute atomic E-state index is 12.8. The summed E-state index contributed by atoms with van der Waals surface area (Å²) in [5.41, 5.74) is 7.80. The van der Waals surface area contributed by atoms with Gasteiger partial charge in [-0.15, -0.1) is 11.3 Å². The van der Waals surface area contributed by atoms with E-state index in [1.807, 2.05) is 23.2 Å². The summed E-state index contributed by atoms with van der Waals surface area (Å²) in [7, 11) is 0. The van der Waals surface area contributed by atoms with E-state index in [-0.39, 0.29) is 5.91 Å². The molecule has 6 nitrogen and oxygen atoms in total. The van der Waals surface area contributed by atoms with Crippen LogP contribution in [0.5, 0.6) is 0 Å². The number of amides is 1. The van der Waals surface area contributed by atoms with Crippen molar-refractivity contribution in [2.75, 3.05) is 45.0 Å². The number of piperazine rings is 1. The molecule has 0 unspecified atom stereocenters. The summed E-state index contributed by atoms with van der Waals surface area (Å²) in [5, 5.41) is 0.618. The number of benzene rings is 1. The van der Waals surface area contributed by atoms with Crippen molar-refractivity contribution in [1.29, 1.82) is 0 Å². The number of hydrogen-bond donors (Lipinski definition) is 1. The average Bonchev–Trinajstić information content (AvgIpc) is 3.14. The highest BCUT2D eigenvalue weighted by molar-refractivity contribution is 7.15. The highest BCUT2D eigenvalue weighted by atomic mass is 32.1. The number of carbonyl (C=O) groups excluding carboxylic acids is 1. The molecular weight excluding hydrogens is 370 g/mol. The van der Waals surface area contributed by atoms with E-state index in [4.69, 9.17) is 5.73 Å². The first-order valence-corrected chi connectivity index (χ1v) is 11.0. The van der Waals surface area contributed by atoms with Crippen molar-refractivity contribution in [2.45, 2.75) is 32.4 Å². The fraction of sp³-hybridized carbons (Fsp3) is 0.524. The summed E-state index contributed by atoms with van der Waals surface area (Å²) < 4.78 is 0. The number of likely N-dealkylation sites (tertiary alicyclic amines) is 1. The molecule has 3 heterocycles. The Labute approximate surface area is 170 Å². The molecular formula is C21H29N5OS. The highest BCUT2D eigenvalue weighted by Crippen LogP contribution is 2.18. The zero-order chi connectivity index (χ0) is 19.3. The van der Waals surface area contributed by atoms with Gasteiger partial charge in [0, 0.05) is 55.9 Å². The molecule has 0 spiro atoms. The standard InChI is InChI=1S/C21H29N5OS/c22-21-23-14-19(28-21)16-25-10-12-26(13-11-25)20(27)18-6-4-17(5-7-18)15-24-8-2-1-3-9-24/h4-7,14H,1-3,8-13,15-16H2,(H2,22,23). The van der Waals surface area contributed by atoms with Crippen molar-refractivity contribution in [3.63, 3.8) is 0 Å². The van der Waals surface area contributed by atoms with Crippen LogP contribution in [0.25, 0.3) is 0 Å². The van der Waals surface area contributed by atoms with Crippen LogP contribution in [-0.2, 0) is 13.1 Å². The molecule has 7 heteroatoms. The van der Waals surface area contributed by atoms with Crippen LogP contribution in [0.3, 0.4) is 0 Å². The average molecular weight is 400 g/mol. The number of rotatable bonds is 5. The summed E-state index contributed by atoms with van der Waals surface area (Å²) in [4.78, 5) is 25.0. The first kappa shape index (κ1) is 19.4. The molecule has 0 aliphatic carbocycles. The van der Waals surface area contributed by atoms with Gasteiger partial charge in [-0.3, -0.25) is 14.6 Å². The number of piperidine rings is 1. The van der Waals surface area contributed by atoms with Crippen LogP contribution in [0.1, 0.15) is 40.1 Å². The fourth-order valence-corrected chi connectivity index (χ4v) is 4.76. The molecule has 28 heavy (non-hydrogen) atoms. The van der Waals surface area contributed by atoms with E-state index in [1.54, 1.807) is 0 Å². The molecule has 2 N–H and O–H groups in total. The Morgan fingerprint density at radius 2 is 1.61 bits per heavy atom. The van der Waals surface area contributed by atoms with E-state index < -0.39 is 0 Å². The van der Waals surface area contributed by atoms with E-state index >= 15 is 0 Å². The molecule has 0 atom stereocenters. The monoisotopic (exact) mass is 399 g/mol. The van der Waals surface area contributed by atoms with E-state index in [0.29, 0.717) is 5.13 Å². The minimum Gasteiger partial charge on any atom is -0.375 e. The molecule has 2 saturated heterocycles. The van der Waals surface area contributed by atoms with Crippen molar-refractivity contribution < 1.29 is 4.79 Å². The van der Waals surface area contributed by atoms with Crippen LogP contribution in [0, 0.1) is 0 Å². The summed E-state index contributed by atoms with van der Waals surface area (Å²) in [6, 6.07) is 8.22. The zero-order valence-electron chi connectivity index (χ0n) is 16.3. The molecule has 150 valence electrons. The van der Waals surface area contributed by atoms with E-state index in [2.05, 4.69) is 26.9 Å². The Morgan fingerprint density at radius 1 is 0.929 bits per heavy atom. The molecule has 0 bridgehead atoms. The Bertz CT molecular complexity index is 776.